The summed E-state index contributed by atoms with van der Waals surface area (Å²) >= 11 is 0. The highest BCUT2D eigenvalue weighted by atomic mass is 16.6. The molecule has 0 aromatic heterocycles. The zero-order valence-corrected chi connectivity index (χ0v) is 12.1. The lowest BCUT2D eigenvalue weighted by atomic mass is 10.2. The Morgan fingerprint density at radius 2 is 1.83 bits per heavy atom. The van der Waals surface area contributed by atoms with Gasteiger partial charge < -0.3 is 10.5 Å². The average molecular weight is 257 g/mol. The van der Waals surface area contributed by atoms with Crippen molar-refractivity contribution >= 4 is 12.1 Å². The average Bonchev–Trinajstić information content (AvgIpc) is 2.20. The maximum Gasteiger partial charge on any atom is 0.414 e. The molecular formula is C13H27N3O2. The number of carbonyl (C=O) groups excluding carboxylic acids is 1. The number of aliphatic imine (C=N–C) groups is 1. The summed E-state index contributed by atoms with van der Waals surface area (Å²) in [5.74, 6) is 0.125. The van der Waals surface area contributed by atoms with Gasteiger partial charge in [-0.25, -0.2) is 4.79 Å². The van der Waals surface area contributed by atoms with E-state index in [0.29, 0.717) is 6.54 Å². The van der Waals surface area contributed by atoms with Crippen molar-refractivity contribution in [1.82, 2.24) is 5.32 Å². The van der Waals surface area contributed by atoms with Crippen LogP contribution in [0.1, 0.15) is 59.8 Å². The van der Waals surface area contributed by atoms with Gasteiger partial charge in [0.1, 0.15) is 5.60 Å². The van der Waals surface area contributed by atoms with Crippen molar-refractivity contribution in [3.05, 3.63) is 0 Å². The van der Waals surface area contributed by atoms with E-state index in [9.17, 15) is 4.79 Å². The van der Waals surface area contributed by atoms with Crippen LogP contribution in [0.15, 0.2) is 4.99 Å². The molecule has 106 valence electrons. The molecule has 0 aliphatic heterocycles. The van der Waals surface area contributed by atoms with Gasteiger partial charge >= 0.3 is 6.09 Å². The maximum absolute atomic E-state index is 11.3. The molecule has 0 aliphatic carbocycles. The third-order valence-electron chi connectivity index (χ3n) is 2.17. The minimum absolute atomic E-state index is 0.125. The van der Waals surface area contributed by atoms with Crippen molar-refractivity contribution in [2.45, 2.75) is 65.4 Å². The van der Waals surface area contributed by atoms with Crippen LogP contribution in [0.2, 0.25) is 0 Å². The molecule has 3 N–H and O–H groups in total. The minimum atomic E-state index is -0.560. The summed E-state index contributed by atoms with van der Waals surface area (Å²) in [6.07, 6.45) is 5.30. The predicted octanol–water partition coefficient (Wildman–Crippen LogP) is 2.80. The highest BCUT2D eigenvalue weighted by molar-refractivity contribution is 5.92. The van der Waals surface area contributed by atoms with E-state index in [1.165, 1.54) is 19.3 Å². The number of amides is 1. The van der Waals surface area contributed by atoms with E-state index in [1.54, 1.807) is 20.8 Å². The Morgan fingerprint density at radius 3 is 2.39 bits per heavy atom. The lowest BCUT2D eigenvalue weighted by Gasteiger charge is -2.19. The Hall–Kier alpha value is -1.26. The molecule has 0 aliphatic rings. The molecule has 5 heteroatoms. The lowest BCUT2D eigenvalue weighted by Crippen LogP contribution is -2.40. The van der Waals surface area contributed by atoms with Crippen molar-refractivity contribution in [3.63, 3.8) is 0 Å². The second kappa shape index (κ2) is 8.78. The summed E-state index contributed by atoms with van der Waals surface area (Å²) in [6, 6.07) is 0. The number of rotatable bonds is 6. The number of unbranched alkanes of at least 4 members (excludes halogenated alkanes) is 4. The molecule has 0 rings (SSSR count). The fourth-order valence-electron chi connectivity index (χ4n) is 1.36. The standard InChI is InChI=1S/C13H27N3O2/c1-5-6-7-8-9-10-15-11(14)16-12(17)18-13(2,3)4/h5-10H2,1-4H3,(H3,14,15,16,17). The van der Waals surface area contributed by atoms with E-state index in [1.807, 2.05) is 0 Å². The molecule has 0 aromatic rings. The van der Waals surface area contributed by atoms with Crippen molar-refractivity contribution in [1.29, 1.82) is 0 Å². The number of carbonyl (C=O) groups is 1. The molecule has 0 spiro atoms. The number of hydrogen-bond donors (Lipinski definition) is 2. The predicted molar refractivity (Wildman–Crippen MR) is 74.6 cm³/mol. The Labute approximate surface area is 110 Å². The number of guanidine groups is 1. The molecular weight excluding hydrogens is 230 g/mol. The van der Waals surface area contributed by atoms with Crippen LogP contribution >= 0.6 is 0 Å². The highest BCUT2D eigenvalue weighted by Gasteiger charge is 2.16. The third kappa shape index (κ3) is 11.2. The molecule has 0 aromatic carbocycles. The van der Waals surface area contributed by atoms with Crippen LogP contribution in [0, 0.1) is 0 Å². The first-order valence-electron chi connectivity index (χ1n) is 6.65. The van der Waals surface area contributed by atoms with Gasteiger partial charge in [0.25, 0.3) is 0 Å². The molecule has 0 saturated heterocycles. The third-order valence-corrected chi connectivity index (χ3v) is 2.17. The van der Waals surface area contributed by atoms with Crippen LogP contribution in [0.3, 0.4) is 0 Å². The van der Waals surface area contributed by atoms with Gasteiger partial charge in [0.05, 0.1) is 0 Å². The topological polar surface area (TPSA) is 76.7 Å². The highest BCUT2D eigenvalue weighted by Crippen LogP contribution is 2.06. The molecule has 0 radical (unpaired) electrons. The largest absolute Gasteiger partial charge is 0.444 e. The fourth-order valence-corrected chi connectivity index (χ4v) is 1.36. The molecule has 1 amide bonds. The number of nitrogens with two attached hydrogens (primary N) is 1. The Balaban J connectivity index is 3.74. The van der Waals surface area contributed by atoms with E-state index in [-0.39, 0.29) is 5.96 Å². The van der Waals surface area contributed by atoms with Gasteiger partial charge in [0.15, 0.2) is 5.96 Å². The minimum Gasteiger partial charge on any atom is -0.444 e. The summed E-state index contributed by atoms with van der Waals surface area (Å²) in [6.45, 7) is 8.22. The van der Waals surface area contributed by atoms with E-state index in [4.69, 9.17) is 10.5 Å². The van der Waals surface area contributed by atoms with Crippen LogP contribution in [0.25, 0.3) is 0 Å². The summed E-state index contributed by atoms with van der Waals surface area (Å²) in [4.78, 5) is 15.4. The first kappa shape index (κ1) is 16.7. The summed E-state index contributed by atoms with van der Waals surface area (Å²) in [5, 5.41) is 2.41. The normalized spacial score (nSPS) is 12.3. The molecule has 18 heavy (non-hydrogen) atoms. The van der Waals surface area contributed by atoms with Gasteiger partial charge in [0, 0.05) is 6.54 Å². The Morgan fingerprint density at radius 1 is 1.22 bits per heavy atom. The molecule has 0 fully saturated rings. The monoisotopic (exact) mass is 257 g/mol. The summed E-state index contributed by atoms with van der Waals surface area (Å²) in [5.41, 5.74) is 5.05. The van der Waals surface area contributed by atoms with Crippen molar-refractivity contribution in [3.8, 4) is 0 Å². The summed E-state index contributed by atoms with van der Waals surface area (Å²) < 4.78 is 5.06. The van der Waals surface area contributed by atoms with Crippen LogP contribution in [0.4, 0.5) is 4.79 Å². The summed E-state index contributed by atoms with van der Waals surface area (Å²) in [7, 11) is 0. The Bertz CT molecular complexity index is 270. The smallest absolute Gasteiger partial charge is 0.414 e. The van der Waals surface area contributed by atoms with E-state index in [2.05, 4.69) is 17.2 Å². The van der Waals surface area contributed by atoms with Crippen molar-refractivity contribution in [2.75, 3.05) is 6.54 Å². The van der Waals surface area contributed by atoms with Crippen LogP contribution in [-0.2, 0) is 4.74 Å². The lowest BCUT2D eigenvalue weighted by molar-refractivity contribution is 0.0562. The number of hydrogen-bond acceptors (Lipinski definition) is 3. The van der Waals surface area contributed by atoms with E-state index >= 15 is 0 Å². The molecule has 0 atom stereocenters. The first-order valence-corrected chi connectivity index (χ1v) is 6.65. The molecule has 5 nitrogen and oxygen atoms in total. The Kier molecular flexibility index (Phi) is 8.16. The van der Waals surface area contributed by atoms with Crippen molar-refractivity contribution < 1.29 is 9.53 Å². The fraction of sp³-hybridized carbons (Fsp3) is 0.846. The first-order chi connectivity index (χ1) is 8.35. The second-order valence-electron chi connectivity index (χ2n) is 5.31. The molecule has 0 bridgehead atoms. The zero-order chi connectivity index (χ0) is 14.0. The quantitative estimate of drug-likeness (QED) is 0.436. The van der Waals surface area contributed by atoms with Crippen LogP contribution < -0.4 is 11.1 Å². The van der Waals surface area contributed by atoms with Gasteiger partial charge in [-0.2, -0.15) is 0 Å². The molecule has 0 unspecified atom stereocenters. The van der Waals surface area contributed by atoms with E-state index in [0.717, 1.165) is 12.8 Å². The number of nitrogens with zero attached hydrogens (tertiary/aromatic N) is 1. The number of nitrogens with one attached hydrogen (secondary N) is 1. The zero-order valence-electron chi connectivity index (χ0n) is 12.1. The maximum atomic E-state index is 11.3. The van der Waals surface area contributed by atoms with Gasteiger partial charge in [0.2, 0.25) is 0 Å². The van der Waals surface area contributed by atoms with Crippen molar-refractivity contribution in [2.24, 2.45) is 10.7 Å². The van der Waals surface area contributed by atoms with Gasteiger partial charge in [-0.15, -0.1) is 0 Å². The van der Waals surface area contributed by atoms with Gasteiger partial charge in [-0.3, -0.25) is 10.3 Å². The van der Waals surface area contributed by atoms with Gasteiger partial charge in [-0.1, -0.05) is 32.6 Å². The van der Waals surface area contributed by atoms with Crippen LogP contribution in [0.5, 0.6) is 0 Å². The van der Waals surface area contributed by atoms with Gasteiger partial charge in [-0.05, 0) is 27.2 Å². The number of ether oxygens (including phenoxy) is 1. The molecule has 0 saturated carbocycles. The second-order valence-corrected chi connectivity index (χ2v) is 5.31. The number of alkyl carbamates (subject to hydrolysis) is 1. The molecule has 0 heterocycles. The van der Waals surface area contributed by atoms with E-state index < -0.39 is 11.7 Å². The SMILES string of the molecule is CCCCCCCN=C(N)NC(=O)OC(C)(C)C. The van der Waals surface area contributed by atoms with Crippen LogP contribution in [-0.4, -0.2) is 24.2 Å².